The van der Waals surface area contributed by atoms with Crippen molar-refractivity contribution in [2.24, 2.45) is 17.8 Å². The highest BCUT2D eigenvalue weighted by atomic mass is 32.1. The molecule has 1 aromatic carbocycles. The Bertz CT molecular complexity index is 3000. The Hall–Kier alpha value is -6.90. The quantitative estimate of drug-likeness (QED) is 0.0656. The number of likely N-dealkylation sites (tertiary alicyclic amines) is 2. The second kappa shape index (κ2) is 22.6. The van der Waals surface area contributed by atoms with Crippen LogP contribution in [-0.4, -0.2) is 138 Å². The number of anilines is 3. The Morgan fingerprint density at radius 3 is 2.42 bits per heavy atom. The fourth-order valence-corrected chi connectivity index (χ4v) is 13.1. The summed E-state index contributed by atoms with van der Waals surface area (Å²) in [7, 11) is 0. The topological polar surface area (TPSA) is 235 Å². The van der Waals surface area contributed by atoms with Crippen molar-refractivity contribution in [2.75, 3.05) is 61.4 Å². The number of nitrogens with one attached hydrogen (secondary N) is 1. The van der Waals surface area contributed by atoms with Crippen molar-refractivity contribution in [1.82, 2.24) is 45.4 Å². The molecular weight excluding hydrogens is 997 g/mol. The van der Waals surface area contributed by atoms with E-state index < -0.39 is 18.1 Å². The molecule has 5 fully saturated rings. The normalized spacial score (nSPS) is 23.5. The van der Waals surface area contributed by atoms with Crippen LogP contribution in [0.5, 0.6) is 17.5 Å². The van der Waals surface area contributed by atoms with Crippen LogP contribution in [0, 0.1) is 24.7 Å². The number of piperidine rings is 1. The lowest BCUT2D eigenvalue weighted by Gasteiger charge is -2.43. The fourth-order valence-electron chi connectivity index (χ4n) is 12.3. The molecule has 5 aliphatic rings. The summed E-state index contributed by atoms with van der Waals surface area (Å²) in [6.07, 6.45) is 10.4. The molecule has 6 atom stereocenters. The molecule has 19 nitrogen and oxygen atoms in total. The van der Waals surface area contributed by atoms with Crippen molar-refractivity contribution in [3.63, 3.8) is 0 Å². The molecule has 11 rings (SSSR count). The molecule has 4 aliphatic heterocycles. The van der Waals surface area contributed by atoms with Gasteiger partial charge in [-0.1, -0.05) is 32.0 Å². The number of para-hydroxylation sites is 1. The third kappa shape index (κ3) is 11.4. The van der Waals surface area contributed by atoms with Gasteiger partial charge in [0.05, 0.1) is 51.9 Å². The number of aliphatic hydroxyl groups is 1. The van der Waals surface area contributed by atoms with Gasteiger partial charge in [-0.25, -0.2) is 9.97 Å². The number of nitrogens with two attached hydrogens (primary N) is 1. The maximum atomic E-state index is 14.3. The van der Waals surface area contributed by atoms with Crippen LogP contribution in [0.25, 0.3) is 21.8 Å². The number of aromatic hydroxyl groups is 1. The van der Waals surface area contributed by atoms with Crippen LogP contribution in [0.3, 0.4) is 0 Å². The number of aryl methyl sites for hydroxylation is 1. The van der Waals surface area contributed by atoms with E-state index >= 15 is 0 Å². The summed E-state index contributed by atoms with van der Waals surface area (Å²) in [4.78, 5) is 51.5. The zero-order chi connectivity index (χ0) is 53.3. The zero-order valence-corrected chi connectivity index (χ0v) is 45.1. The number of pyridine rings is 2. The lowest BCUT2D eigenvalue weighted by molar-refractivity contribution is -0.141. The van der Waals surface area contributed by atoms with Crippen LogP contribution < -0.4 is 30.3 Å². The number of fused-ring (bicyclic) bond motifs is 2. The number of hydrogen-bond donors (Lipinski definition) is 4. The van der Waals surface area contributed by atoms with E-state index in [2.05, 4.69) is 62.5 Å². The summed E-state index contributed by atoms with van der Waals surface area (Å²) in [5.41, 5.74) is 14.0. The average Bonchev–Trinajstić information content (AvgIpc) is 4.22. The monoisotopic (exact) mass is 1070 g/mol. The highest BCUT2D eigenvalue weighted by Crippen LogP contribution is 2.41. The molecule has 9 heterocycles. The summed E-state index contributed by atoms with van der Waals surface area (Å²) in [6, 6.07) is 18.3. The number of piperazine rings is 1. The maximum absolute atomic E-state index is 14.3. The average molecular weight is 1070 g/mol. The minimum absolute atomic E-state index is 0.0515. The van der Waals surface area contributed by atoms with Crippen molar-refractivity contribution in [1.29, 1.82) is 0 Å². The molecule has 1 unspecified atom stereocenters. The first kappa shape index (κ1) is 52.2. The van der Waals surface area contributed by atoms with Gasteiger partial charge in [0.25, 0.3) is 5.88 Å². The minimum Gasteiger partial charge on any atom is -0.507 e. The lowest BCUT2D eigenvalue weighted by Crippen LogP contribution is -2.54. The Morgan fingerprint density at radius 2 is 1.69 bits per heavy atom. The summed E-state index contributed by atoms with van der Waals surface area (Å²) < 4.78 is 18.3. The van der Waals surface area contributed by atoms with Gasteiger partial charge in [-0.15, -0.1) is 21.5 Å². The number of amides is 2. The summed E-state index contributed by atoms with van der Waals surface area (Å²) in [5.74, 6) is 1.60. The van der Waals surface area contributed by atoms with E-state index in [1.54, 1.807) is 29.9 Å². The molecule has 6 aromatic rings. The van der Waals surface area contributed by atoms with Gasteiger partial charge in [-0.05, 0) is 131 Å². The summed E-state index contributed by atoms with van der Waals surface area (Å²) >= 11 is 1.53. The summed E-state index contributed by atoms with van der Waals surface area (Å²) in [6.45, 7) is 13.0. The van der Waals surface area contributed by atoms with Crippen molar-refractivity contribution < 1.29 is 33.8 Å². The van der Waals surface area contributed by atoms with E-state index in [1.807, 2.05) is 64.2 Å². The number of aromatic nitrogens is 6. The smallest absolute Gasteiger partial charge is 0.254 e. The number of ether oxygens (including phenoxy) is 2. The van der Waals surface area contributed by atoms with Crippen molar-refractivity contribution >= 4 is 40.3 Å². The summed E-state index contributed by atoms with van der Waals surface area (Å²) in [5, 5.41) is 37.0. The number of nitrogen functional groups attached to an aromatic ring is 1. The first-order valence-corrected chi connectivity index (χ1v) is 28.2. The zero-order valence-electron chi connectivity index (χ0n) is 44.3. The molecule has 2 amide bonds. The third-order valence-corrected chi connectivity index (χ3v) is 17.5. The maximum Gasteiger partial charge on any atom is 0.254 e. The second-order valence-corrected chi connectivity index (χ2v) is 23.0. The lowest BCUT2D eigenvalue weighted by atomic mass is 9.81. The van der Waals surface area contributed by atoms with Crippen LogP contribution in [0.15, 0.2) is 83.1 Å². The van der Waals surface area contributed by atoms with Crippen LogP contribution in [0.4, 0.5) is 17.2 Å². The number of carbonyl (C=O) groups is 2. The van der Waals surface area contributed by atoms with Crippen molar-refractivity contribution in [3.05, 3.63) is 95.6 Å². The molecule has 5 aromatic heterocycles. The number of β-amino-alcohol motifs (C(OH)–C–C–N with tert-alkyl or cyclic N) is 1. The number of aliphatic hydroxyl groups excluding tert-OH is 1. The van der Waals surface area contributed by atoms with Crippen LogP contribution >= 0.6 is 11.3 Å². The van der Waals surface area contributed by atoms with Gasteiger partial charge in [0.1, 0.15) is 23.8 Å². The van der Waals surface area contributed by atoms with Gasteiger partial charge >= 0.3 is 0 Å². The Balaban J connectivity index is 0.601. The first-order valence-electron chi connectivity index (χ1n) is 27.4. The van der Waals surface area contributed by atoms with Crippen LogP contribution in [0.2, 0.25) is 0 Å². The molecule has 0 spiro atoms. The molecular formula is C57H70N12O7S. The van der Waals surface area contributed by atoms with E-state index in [-0.39, 0.29) is 48.6 Å². The minimum atomic E-state index is -0.839. The number of nitrogens with zero attached hydrogens (tertiary/aromatic N) is 10. The van der Waals surface area contributed by atoms with Gasteiger partial charge in [0.2, 0.25) is 17.7 Å². The number of carbonyl (C=O) groups excluding carboxylic acids is 2. The van der Waals surface area contributed by atoms with Crippen LogP contribution in [-0.2, 0) is 9.59 Å². The van der Waals surface area contributed by atoms with Gasteiger partial charge in [0.15, 0.2) is 11.6 Å². The van der Waals surface area contributed by atoms with E-state index in [0.29, 0.717) is 65.1 Å². The molecule has 0 radical (unpaired) electrons. The molecule has 5 N–H and O–H groups in total. The second-order valence-electron chi connectivity index (χ2n) is 22.2. The van der Waals surface area contributed by atoms with Crippen molar-refractivity contribution in [3.8, 4) is 39.3 Å². The van der Waals surface area contributed by atoms with E-state index in [4.69, 9.17) is 19.7 Å². The molecule has 20 heteroatoms. The molecule has 2 bridgehead atoms. The highest BCUT2D eigenvalue weighted by Gasteiger charge is 2.44. The molecule has 1 saturated carbocycles. The Labute approximate surface area is 453 Å². The number of thiazole rings is 1. The van der Waals surface area contributed by atoms with Crippen molar-refractivity contribution in [2.45, 2.75) is 121 Å². The number of phenolic OH excluding ortho intramolecular Hbond substituents is 1. The fraction of sp³-hybridized carbons (Fsp3) is 0.509. The molecule has 4 saturated heterocycles. The van der Waals surface area contributed by atoms with E-state index in [9.17, 15) is 19.8 Å². The first-order chi connectivity index (χ1) is 37.3. The predicted molar refractivity (Wildman–Crippen MR) is 293 cm³/mol. The van der Waals surface area contributed by atoms with E-state index in [0.717, 1.165) is 111 Å². The van der Waals surface area contributed by atoms with Crippen LogP contribution in [0.1, 0.15) is 101 Å². The third-order valence-electron chi connectivity index (χ3n) is 16.5. The van der Waals surface area contributed by atoms with Gasteiger partial charge in [-0.2, -0.15) is 0 Å². The molecule has 77 heavy (non-hydrogen) atoms. The highest BCUT2D eigenvalue weighted by molar-refractivity contribution is 7.13. The Morgan fingerprint density at radius 1 is 0.896 bits per heavy atom. The van der Waals surface area contributed by atoms with Gasteiger partial charge in [-0.3, -0.25) is 14.6 Å². The van der Waals surface area contributed by atoms with Gasteiger partial charge < -0.3 is 54.9 Å². The Kier molecular flexibility index (Phi) is 15.3. The van der Waals surface area contributed by atoms with E-state index in [1.165, 1.54) is 16.2 Å². The number of phenols is 1. The standard InChI is InChI=1S/C57H70N12O7S/c1-33(2)53(57(73)68-31-42(70)24-48(68)56(72)62-34(3)38-9-12-45(60-27-38)54-35(4)61-32-77-54)50-26-52(65-76-50)74-20-16-36-14-18-66(19-15-36)28-37-21-43(22-37)75-51-23-39(13-17-59-51)69-40-10-11-41(69)30-67(29-40)47-25-46(63-64-55(47)58)44-7-5-6-8-49(44)71/h5-9,12-13,17,23,25-27,32-34,36-37,40-43,48,53,70-71H,10-11,14-16,18-22,24,28-31H2,1-4H3,(H2,58,64)(H,62,72)/t34-,37?,40+,41?,42+,43?,48-,53+/m0/s1. The molecule has 1 aliphatic carbocycles. The number of hydrogen-bond acceptors (Lipinski definition) is 18. The molecule has 406 valence electrons. The predicted octanol–water partition coefficient (Wildman–Crippen LogP) is 7.42. The SMILES string of the molecule is Cc1ncsc1-c1ccc([C@H](C)NC(=O)[C@@H]2C[C@@H](O)CN2C(=O)[C@@H](c2cc(OCCC3CCN(CC4CC(Oc5cc(N6C7CC[C@@H]6CN(c6cc(-c8ccccc8O)nnc6N)C7)ccn5)C4)CC3)no2)C(C)C)cn1. The number of rotatable bonds is 18. The largest absolute Gasteiger partial charge is 0.507 e. The van der Waals surface area contributed by atoms with Gasteiger partial charge in [0, 0.05) is 80.5 Å². The number of benzene rings is 1.